The summed E-state index contributed by atoms with van der Waals surface area (Å²) in [5.74, 6) is 0.908. The lowest BCUT2D eigenvalue weighted by Crippen LogP contribution is -2.25. The van der Waals surface area contributed by atoms with Gasteiger partial charge in [-0.2, -0.15) is 0 Å². The summed E-state index contributed by atoms with van der Waals surface area (Å²) in [5.41, 5.74) is 1.07. The smallest absolute Gasteiger partial charge is 0.487 e. The number of rotatable bonds is 8. The number of carbonyl (C=O) groups is 2. The fourth-order valence-corrected chi connectivity index (χ4v) is 3.71. The van der Waals surface area contributed by atoms with Crippen molar-refractivity contribution in [3.8, 4) is 11.5 Å². The highest BCUT2D eigenvalue weighted by Gasteiger charge is 2.24. The average Bonchev–Trinajstić information content (AvgIpc) is 2.70. The van der Waals surface area contributed by atoms with E-state index in [4.69, 9.17) is 18.9 Å². The largest absolute Gasteiger partial charge is 0.508 e. The van der Waals surface area contributed by atoms with Gasteiger partial charge in [-0.1, -0.05) is 12.1 Å². The molecular formula is C26H32Br2O6. The Balaban J connectivity index is 1.74. The van der Waals surface area contributed by atoms with E-state index in [0.29, 0.717) is 23.1 Å². The highest BCUT2D eigenvalue weighted by molar-refractivity contribution is 9.10. The summed E-state index contributed by atoms with van der Waals surface area (Å²) in [4.78, 5) is 24.0. The van der Waals surface area contributed by atoms with Gasteiger partial charge < -0.3 is 18.9 Å². The van der Waals surface area contributed by atoms with Gasteiger partial charge in [0.15, 0.2) is 0 Å². The molecule has 0 saturated carbocycles. The van der Waals surface area contributed by atoms with Gasteiger partial charge in [0.1, 0.15) is 17.1 Å². The van der Waals surface area contributed by atoms with Gasteiger partial charge in [0.2, 0.25) is 0 Å². The summed E-state index contributed by atoms with van der Waals surface area (Å²) in [6, 6.07) is 11.2. The van der Waals surface area contributed by atoms with Crippen LogP contribution in [0, 0.1) is 5.41 Å². The number of ether oxygens (including phenoxy) is 4. The molecule has 0 heterocycles. The number of hydrogen-bond donors (Lipinski definition) is 0. The van der Waals surface area contributed by atoms with Crippen LogP contribution in [0.5, 0.6) is 11.5 Å². The molecule has 0 atom stereocenters. The molecule has 0 aliphatic carbocycles. The van der Waals surface area contributed by atoms with Gasteiger partial charge in [0.25, 0.3) is 0 Å². The normalized spacial score (nSPS) is 11.6. The van der Waals surface area contributed by atoms with Gasteiger partial charge >= 0.3 is 12.1 Å². The van der Waals surface area contributed by atoms with E-state index < -0.39 is 11.6 Å². The van der Waals surface area contributed by atoms with Crippen molar-refractivity contribution in [2.24, 2.45) is 5.41 Å². The molecule has 0 aromatic heterocycles. The summed E-state index contributed by atoms with van der Waals surface area (Å²) in [6.45, 7) is 11.8. The second-order valence-corrected chi connectivity index (χ2v) is 11.5. The van der Waals surface area contributed by atoms with Crippen molar-refractivity contribution < 1.29 is 28.5 Å². The summed E-state index contributed by atoms with van der Waals surface area (Å²) in [5, 5.41) is 0. The minimum atomic E-state index is -0.707. The summed E-state index contributed by atoms with van der Waals surface area (Å²) < 4.78 is 23.2. The Bertz CT molecular complexity index is 1010. The number of hydrogen-bond acceptors (Lipinski definition) is 6. The molecule has 34 heavy (non-hydrogen) atoms. The molecule has 0 amide bonds. The summed E-state index contributed by atoms with van der Waals surface area (Å²) in [6.07, 6.45) is 0.357. The van der Waals surface area contributed by atoms with Gasteiger partial charge in [-0.15, -0.1) is 0 Å². The topological polar surface area (TPSA) is 71.1 Å². The molecular weight excluding hydrogens is 568 g/mol. The molecule has 2 aromatic rings. The van der Waals surface area contributed by atoms with Crippen LogP contribution in [-0.2, 0) is 27.1 Å². The van der Waals surface area contributed by atoms with Gasteiger partial charge in [-0.05, 0) is 109 Å². The third kappa shape index (κ3) is 9.66. The van der Waals surface area contributed by atoms with Crippen molar-refractivity contribution in [2.45, 2.75) is 60.0 Å². The Morgan fingerprint density at radius 1 is 0.765 bits per heavy atom. The van der Waals surface area contributed by atoms with Gasteiger partial charge in [-0.25, -0.2) is 4.79 Å². The van der Waals surface area contributed by atoms with Crippen molar-refractivity contribution in [1.29, 1.82) is 0 Å². The second kappa shape index (κ2) is 12.1. The predicted molar refractivity (Wildman–Crippen MR) is 138 cm³/mol. The zero-order valence-electron chi connectivity index (χ0n) is 20.5. The van der Waals surface area contributed by atoms with Gasteiger partial charge in [0, 0.05) is 12.8 Å². The van der Waals surface area contributed by atoms with E-state index >= 15 is 0 Å². The Kier molecular flexibility index (Phi) is 10.0. The monoisotopic (exact) mass is 598 g/mol. The quantitative estimate of drug-likeness (QED) is 0.234. The number of esters is 1. The van der Waals surface area contributed by atoms with Crippen LogP contribution in [0.2, 0.25) is 0 Å². The van der Waals surface area contributed by atoms with Gasteiger partial charge in [0.05, 0.1) is 27.6 Å². The van der Waals surface area contributed by atoms with Crippen molar-refractivity contribution in [2.75, 3.05) is 13.2 Å². The molecule has 0 bridgehead atoms. The SMILES string of the molecule is CC(C)(C)Oc1ccc(CCOC(=O)OCCc2ccc(OC(=O)C(C)(C)C)c(Br)c2)cc1Br. The Morgan fingerprint density at radius 2 is 1.24 bits per heavy atom. The van der Waals surface area contributed by atoms with Crippen LogP contribution in [-0.4, -0.2) is 30.9 Å². The van der Waals surface area contributed by atoms with E-state index in [2.05, 4.69) is 31.9 Å². The zero-order valence-corrected chi connectivity index (χ0v) is 23.7. The fraction of sp³-hybridized carbons (Fsp3) is 0.462. The lowest BCUT2D eigenvalue weighted by Gasteiger charge is -2.22. The molecule has 0 aliphatic heterocycles. The molecule has 8 heteroatoms. The second-order valence-electron chi connectivity index (χ2n) is 9.83. The van der Waals surface area contributed by atoms with Crippen LogP contribution < -0.4 is 9.47 Å². The molecule has 0 fully saturated rings. The molecule has 0 N–H and O–H groups in total. The van der Waals surface area contributed by atoms with Crippen LogP contribution in [0.25, 0.3) is 0 Å². The number of carbonyl (C=O) groups excluding carboxylic acids is 2. The van der Waals surface area contributed by atoms with Crippen LogP contribution >= 0.6 is 31.9 Å². The summed E-state index contributed by atoms with van der Waals surface area (Å²) >= 11 is 6.94. The first-order valence-corrected chi connectivity index (χ1v) is 12.6. The molecule has 0 aliphatic rings. The van der Waals surface area contributed by atoms with E-state index in [1.165, 1.54) is 0 Å². The van der Waals surface area contributed by atoms with E-state index in [0.717, 1.165) is 21.3 Å². The molecule has 0 unspecified atom stereocenters. The third-order valence-electron chi connectivity index (χ3n) is 4.45. The van der Waals surface area contributed by atoms with Crippen molar-refractivity contribution in [3.63, 3.8) is 0 Å². The van der Waals surface area contributed by atoms with Crippen LogP contribution in [0.4, 0.5) is 4.79 Å². The van der Waals surface area contributed by atoms with Crippen LogP contribution in [0.15, 0.2) is 45.3 Å². The van der Waals surface area contributed by atoms with E-state index in [9.17, 15) is 9.59 Å². The first-order valence-electron chi connectivity index (χ1n) is 11.0. The van der Waals surface area contributed by atoms with Crippen LogP contribution in [0.3, 0.4) is 0 Å². The average molecular weight is 600 g/mol. The van der Waals surface area contributed by atoms with Crippen LogP contribution in [0.1, 0.15) is 52.7 Å². The minimum Gasteiger partial charge on any atom is -0.487 e. The maximum absolute atomic E-state index is 12.1. The van der Waals surface area contributed by atoms with E-state index in [-0.39, 0.29) is 24.8 Å². The highest BCUT2D eigenvalue weighted by atomic mass is 79.9. The third-order valence-corrected chi connectivity index (χ3v) is 5.68. The maximum Gasteiger partial charge on any atom is 0.508 e. The summed E-state index contributed by atoms with van der Waals surface area (Å²) in [7, 11) is 0. The molecule has 0 spiro atoms. The standard InChI is InChI=1S/C26H32Br2O6/c1-25(2,3)23(29)33-21-9-7-17(15-19(21)27)11-13-31-24(30)32-14-12-18-8-10-22(20(28)16-18)34-26(4,5)6/h7-10,15-16H,11-14H2,1-6H3. The van der Waals surface area contributed by atoms with Crippen molar-refractivity contribution in [3.05, 3.63) is 56.5 Å². The lowest BCUT2D eigenvalue weighted by atomic mass is 9.97. The maximum atomic E-state index is 12.1. The lowest BCUT2D eigenvalue weighted by molar-refractivity contribution is -0.143. The Labute approximate surface area is 218 Å². The molecule has 2 aromatic carbocycles. The van der Waals surface area contributed by atoms with E-state index in [1.54, 1.807) is 26.8 Å². The molecule has 0 radical (unpaired) electrons. The first kappa shape index (κ1) is 28.2. The van der Waals surface area contributed by atoms with Gasteiger partial charge in [-0.3, -0.25) is 4.79 Å². The first-order chi connectivity index (χ1) is 15.7. The predicted octanol–water partition coefficient (Wildman–Crippen LogP) is 7.28. The number of halogens is 2. The highest BCUT2D eigenvalue weighted by Crippen LogP contribution is 2.30. The molecule has 6 nitrogen and oxygen atoms in total. The molecule has 186 valence electrons. The fourth-order valence-electron chi connectivity index (χ4n) is 2.69. The van der Waals surface area contributed by atoms with Crippen molar-refractivity contribution >= 4 is 44.0 Å². The molecule has 0 saturated heterocycles. The van der Waals surface area contributed by atoms with E-state index in [1.807, 2.05) is 51.1 Å². The number of benzene rings is 2. The molecule has 2 rings (SSSR count). The Morgan fingerprint density at radius 3 is 1.65 bits per heavy atom. The minimum absolute atomic E-state index is 0.177. The Hall–Kier alpha value is -2.06. The van der Waals surface area contributed by atoms with Crippen molar-refractivity contribution in [1.82, 2.24) is 0 Å². The zero-order chi connectivity index (χ0) is 25.5.